The number of rotatable bonds is 28. The number of nitrogens with two attached hydrogens (primary N) is 5. The average Bonchev–Trinajstić information content (AvgIpc) is 3.12. The Morgan fingerprint density at radius 1 is 0.542 bits per heavy atom. The molecule has 0 bridgehead atoms. The molecular weight excluding hydrogens is 778 g/mol. The van der Waals surface area contributed by atoms with E-state index in [9.17, 15) is 53.7 Å². The van der Waals surface area contributed by atoms with Crippen molar-refractivity contribution in [2.45, 2.75) is 122 Å². The van der Waals surface area contributed by atoms with Crippen molar-refractivity contribution in [2.24, 2.45) is 56.4 Å². The standard InChI is InChI=1S/C35H65N13O11/c1-16(2)13-21(28(53)47-25(17(3)4)31(56)43-20(33(58)59)10-8-12-42-35(39)40)45-32(57)26(18(5)6)48-29(54)22(14-24(50)51)44-30(55)23(15-49)46-27(52)19(36)9-7-11-41-34(37)38/h16-23,25-26,49H,7-15,36H2,1-6H3,(H,43,56)(H,44,55)(H,45,57)(H,46,52)(H,47,53)(H,48,54)(H,50,51)(H,58,59)(H4,37,38,41)(H4,39,40,42)/t19-,20-,21-,22-,23-,25-,26-/m0/s1. The summed E-state index contributed by atoms with van der Waals surface area (Å²) in [6, 6.07) is -9.77. The smallest absolute Gasteiger partial charge is 0.326 e. The number of aliphatic hydroxyl groups excluding tert-OH is 1. The lowest BCUT2D eigenvalue weighted by molar-refractivity contribution is -0.143. The number of amides is 6. The minimum Gasteiger partial charge on any atom is -0.481 e. The molecule has 6 amide bonds. The largest absolute Gasteiger partial charge is 0.481 e. The highest BCUT2D eigenvalue weighted by Crippen LogP contribution is 2.12. The fourth-order valence-electron chi connectivity index (χ4n) is 5.34. The molecule has 0 radical (unpaired) electrons. The summed E-state index contributed by atoms with van der Waals surface area (Å²) in [4.78, 5) is 111. The molecule has 336 valence electrons. The van der Waals surface area contributed by atoms with Crippen LogP contribution in [-0.2, 0) is 38.4 Å². The van der Waals surface area contributed by atoms with Crippen LogP contribution >= 0.6 is 0 Å². The SMILES string of the molecule is CC(C)C[C@H](NC(=O)[C@@H](NC(=O)[C@H](CC(=O)O)NC(=O)[C@H](CO)NC(=O)[C@@H](N)CCCN=C(N)N)C(C)C)C(=O)N[C@H](C(=O)N[C@@H](CCCN=C(N)N)C(=O)O)C(C)C. The number of aliphatic imine (C=N–C) groups is 2. The maximum atomic E-state index is 13.7. The van der Waals surface area contributed by atoms with Crippen LogP contribution in [0.25, 0.3) is 0 Å². The number of nitrogens with one attached hydrogen (secondary N) is 6. The van der Waals surface area contributed by atoms with Gasteiger partial charge in [0.25, 0.3) is 0 Å². The van der Waals surface area contributed by atoms with Crippen molar-refractivity contribution in [3.63, 3.8) is 0 Å². The number of carboxylic acids is 2. The first kappa shape index (κ1) is 53.2. The molecule has 0 aliphatic carbocycles. The molecule has 0 saturated heterocycles. The van der Waals surface area contributed by atoms with Gasteiger partial charge in [-0.25, -0.2) is 4.79 Å². The highest BCUT2D eigenvalue weighted by atomic mass is 16.4. The van der Waals surface area contributed by atoms with E-state index in [0.717, 1.165) is 0 Å². The average molecular weight is 844 g/mol. The summed E-state index contributed by atoms with van der Waals surface area (Å²) >= 11 is 0. The van der Waals surface area contributed by atoms with Crippen molar-refractivity contribution < 1.29 is 53.7 Å². The lowest BCUT2D eigenvalue weighted by Gasteiger charge is -2.29. The van der Waals surface area contributed by atoms with Crippen LogP contribution in [0.2, 0.25) is 0 Å². The molecule has 0 saturated carbocycles. The molecular formula is C35H65N13O11. The Morgan fingerprint density at radius 2 is 0.949 bits per heavy atom. The van der Waals surface area contributed by atoms with E-state index < -0.39 is 115 Å². The van der Waals surface area contributed by atoms with E-state index in [1.54, 1.807) is 41.5 Å². The molecule has 0 aliphatic rings. The molecule has 59 heavy (non-hydrogen) atoms. The third kappa shape index (κ3) is 21.5. The van der Waals surface area contributed by atoms with Crippen molar-refractivity contribution in [2.75, 3.05) is 19.7 Å². The molecule has 0 aromatic rings. The molecule has 0 spiro atoms. The fraction of sp³-hybridized carbons (Fsp3) is 0.714. The Morgan fingerprint density at radius 3 is 1.36 bits per heavy atom. The van der Waals surface area contributed by atoms with Gasteiger partial charge in [0.05, 0.1) is 19.1 Å². The summed E-state index contributed by atoms with van der Waals surface area (Å²) in [5.74, 6) is -10.0. The van der Waals surface area contributed by atoms with Crippen LogP contribution in [0.4, 0.5) is 0 Å². The fourth-order valence-corrected chi connectivity index (χ4v) is 5.34. The first-order valence-electron chi connectivity index (χ1n) is 19.2. The van der Waals surface area contributed by atoms with Crippen molar-refractivity contribution in [3.8, 4) is 0 Å². The minimum atomic E-state index is -1.80. The molecule has 0 aromatic carbocycles. The van der Waals surface area contributed by atoms with Crippen LogP contribution in [0, 0.1) is 17.8 Å². The van der Waals surface area contributed by atoms with Crippen molar-refractivity contribution in [3.05, 3.63) is 0 Å². The zero-order chi connectivity index (χ0) is 45.6. The number of aliphatic carboxylic acids is 2. The predicted octanol–water partition coefficient (Wildman–Crippen LogP) is -4.76. The summed E-state index contributed by atoms with van der Waals surface area (Å²) < 4.78 is 0. The van der Waals surface area contributed by atoms with Gasteiger partial charge in [-0.2, -0.15) is 0 Å². The zero-order valence-corrected chi connectivity index (χ0v) is 34.5. The van der Waals surface area contributed by atoms with Gasteiger partial charge in [-0.3, -0.25) is 43.5 Å². The normalized spacial score (nSPS) is 14.6. The Kier molecular flexibility index (Phi) is 24.4. The molecule has 24 heteroatoms. The van der Waals surface area contributed by atoms with E-state index >= 15 is 0 Å². The van der Waals surface area contributed by atoms with Crippen LogP contribution in [0.3, 0.4) is 0 Å². The van der Waals surface area contributed by atoms with Gasteiger partial charge in [-0.15, -0.1) is 0 Å². The van der Waals surface area contributed by atoms with Crippen LogP contribution in [0.1, 0.15) is 80.1 Å². The van der Waals surface area contributed by atoms with Gasteiger partial charge in [0.15, 0.2) is 11.9 Å². The van der Waals surface area contributed by atoms with Crippen LogP contribution in [-0.4, -0.2) is 137 Å². The third-order valence-electron chi connectivity index (χ3n) is 8.53. The van der Waals surface area contributed by atoms with Crippen molar-refractivity contribution >= 4 is 59.3 Å². The van der Waals surface area contributed by atoms with Gasteiger partial charge >= 0.3 is 11.9 Å². The predicted molar refractivity (Wildman–Crippen MR) is 215 cm³/mol. The lowest BCUT2D eigenvalue weighted by atomic mass is 9.98. The van der Waals surface area contributed by atoms with E-state index in [0.29, 0.717) is 6.42 Å². The maximum absolute atomic E-state index is 13.7. The van der Waals surface area contributed by atoms with Gasteiger partial charge < -0.3 is 75.9 Å². The van der Waals surface area contributed by atoms with Crippen molar-refractivity contribution in [1.29, 1.82) is 0 Å². The van der Waals surface area contributed by atoms with Crippen LogP contribution in [0.15, 0.2) is 9.98 Å². The summed E-state index contributed by atoms with van der Waals surface area (Å²) in [6.07, 6.45) is -0.262. The quantitative estimate of drug-likeness (QED) is 0.0200. The second kappa shape index (κ2) is 27.0. The summed E-state index contributed by atoms with van der Waals surface area (Å²) in [5, 5.41) is 43.4. The molecule has 0 heterocycles. The third-order valence-corrected chi connectivity index (χ3v) is 8.53. The van der Waals surface area contributed by atoms with Gasteiger partial charge in [0, 0.05) is 13.1 Å². The van der Waals surface area contributed by atoms with Gasteiger partial charge in [-0.05, 0) is 49.9 Å². The molecule has 0 rings (SSSR count). The van der Waals surface area contributed by atoms with Gasteiger partial charge in [0.1, 0.15) is 36.3 Å². The second-order valence-corrected chi connectivity index (χ2v) is 15.0. The number of carboxylic acid groups (broad SMARTS) is 2. The number of hydrogen-bond acceptors (Lipinski definition) is 12. The number of carbonyl (C=O) groups excluding carboxylic acids is 6. The van der Waals surface area contributed by atoms with Gasteiger partial charge in [-0.1, -0.05) is 41.5 Å². The van der Waals surface area contributed by atoms with Gasteiger partial charge in [0.2, 0.25) is 35.4 Å². The van der Waals surface area contributed by atoms with E-state index in [1.165, 1.54) is 0 Å². The number of aliphatic hydroxyl groups is 1. The topological polar surface area (TPSA) is 424 Å². The number of guanidine groups is 2. The Balaban J connectivity index is 6.02. The van der Waals surface area contributed by atoms with E-state index in [2.05, 4.69) is 41.9 Å². The van der Waals surface area contributed by atoms with E-state index in [1.807, 2.05) is 0 Å². The maximum Gasteiger partial charge on any atom is 0.326 e. The summed E-state index contributed by atoms with van der Waals surface area (Å²) in [6.45, 7) is 9.25. The molecule has 7 atom stereocenters. The molecule has 0 unspecified atom stereocenters. The Bertz CT molecular complexity index is 1500. The highest BCUT2D eigenvalue weighted by Gasteiger charge is 2.36. The van der Waals surface area contributed by atoms with Crippen LogP contribution in [0.5, 0.6) is 0 Å². The molecule has 0 aromatic heterocycles. The highest BCUT2D eigenvalue weighted by molar-refractivity contribution is 5.98. The van der Waals surface area contributed by atoms with Crippen molar-refractivity contribution in [1.82, 2.24) is 31.9 Å². The van der Waals surface area contributed by atoms with E-state index in [-0.39, 0.29) is 56.6 Å². The first-order valence-corrected chi connectivity index (χ1v) is 19.2. The van der Waals surface area contributed by atoms with Crippen LogP contribution < -0.4 is 60.6 Å². The molecule has 0 fully saturated rings. The summed E-state index contributed by atoms with van der Waals surface area (Å²) in [7, 11) is 0. The number of carbonyl (C=O) groups is 8. The molecule has 0 aliphatic heterocycles. The van der Waals surface area contributed by atoms with E-state index in [4.69, 9.17) is 28.7 Å². The second-order valence-electron chi connectivity index (χ2n) is 15.0. The zero-order valence-electron chi connectivity index (χ0n) is 34.5. The first-order chi connectivity index (χ1) is 27.4. The monoisotopic (exact) mass is 843 g/mol. The Labute approximate surface area is 343 Å². The molecule has 24 nitrogen and oxygen atoms in total. The summed E-state index contributed by atoms with van der Waals surface area (Å²) in [5.41, 5.74) is 27.0. The molecule has 19 N–H and O–H groups in total. The Hall–Kier alpha value is -5.78. The number of hydrogen-bond donors (Lipinski definition) is 14. The minimum absolute atomic E-state index is 0.0150. The lowest BCUT2D eigenvalue weighted by Crippen LogP contribution is -2.61. The number of nitrogens with zero attached hydrogens (tertiary/aromatic N) is 2.